The molecule has 0 radical (unpaired) electrons. The molecule has 0 unspecified atom stereocenters. The molecule has 1 aliphatic heterocycles. The number of nitrogens with zero attached hydrogens (tertiary/aromatic N) is 2. The monoisotopic (exact) mass is 187 g/mol. The Morgan fingerprint density at radius 1 is 1.71 bits per heavy atom. The minimum atomic E-state index is -0.0549. The zero-order chi connectivity index (χ0) is 9.97. The van der Waals surface area contributed by atoms with Gasteiger partial charge in [-0.15, -0.1) is 6.42 Å². The van der Waals surface area contributed by atoms with Gasteiger partial charge in [0.05, 0.1) is 18.8 Å². The van der Waals surface area contributed by atoms with Crippen molar-refractivity contribution in [2.75, 3.05) is 23.3 Å². The Balaban J connectivity index is 2.39. The van der Waals surface area contributed by atoms with Gasteiger partial charge in [-0.05, 0) is 12.1 Å². The van der Waals surface area contributed by atoms with E-state index in [-0.39, 0.29) is 12.5 Å². The number of carbonyl (C=O) groups excluding carboxylic acids is 1. The largest absolute Gasteiger partial charge is 0.334 e. The summed E-state index contributed by atoms with van der Waals surface area (Å²) in [7, 11) is 0. The third-order valence-corrected chi connectivity index (χ3v) is 1.98. The topological polar surface area (TPSA) is 45.2 Å². The van der Waals surface area contributed by atoms with Crippen molar-refractivity contribution < 1.29 is 4.79 Å². The van der Waals surface area contributed by atoms with Crippen LogP contribution in [0.5, 0.6) is 0 Å². The summed E-state index contributed by atoms with van der Waals surface area (Å²) < 4.78 is 0. The number of amides is 1. The van der Waals surface area contributed by atoms with Gasteiger partial charge in [0.2, 0.25) is 5.91 Å². The molecule has 2 rings (SSSR count). The third kappa shape index (κ3) is 1.40. The number of pyridine rings is 1. The molecule has 2 heterocycles. The maximum atomic E-state index is 11.3. The molecule has 70 valence electrons. The van der Waals surface area contributed by atoms with Gasteiger partial charge in [-0.25, -0.2) is 4.98 Å². The molecule has 0 saturated heterocycles. The number of anilines is 2. The summed E-state index contributed by atoms with van der Waals surface area (Å²) in [5.41, 5.74) is 0.721. The predicted molar refractivity (Wildman–Crippen MR) is 53.9 cm³/mol. The molecule has 1 amide bonds. The SMILES string of the molecule is C#CCN1CC(=O)Nc2cccnc21. The van der Waals surface area contributed by atoms with E-state index in [0.717, 1.165) is 11.5 Å². The molecule has 1 aromatic heterocycles. The van der Waals surface area contributed by atoms with Crippen LogP contribution >= 0.6 is 0 Å². The van der Waals surface area contributed by atoms with Crippen molar-refractivity contribution in [3.05, 3.63) is 18.3 Å². The summed E-state index contributed by atoms with van der Waals surface area (Å²) in [5, 5.41) is 2.74. The van der Waals surface area contributed by atoms with E-state index in [4.69, 9.17) is 6.42 Å². The Bertz CT molecular complexity index is 408. The fourth-order valence-corrected chi connectivity index (χ4v) is 1.43. The molecule has 0 bridgehead atoms. The van der Waals surface area contributed by atoms with Gasteiger partial charge in [-0.3, -0.25) is 4.79 Å². The van der Waals surface area contributed by atoms with Crippen molar-refractivity contribution in [3.63, 3.8) is 0 Å². The average Bonchev–Trinajstić information content (AvgIpc) is 2.18. The van der Waals surface area contributed by atoms with Crippen LogP contribution in [0.3, 0.4) is 0 Å². The minimum Gasteiger partial charge on any atom is -0.334 e. The number of hydrogen-bond donors (Lipinski definition) is 1. The van der Waals surface area contributed by atoms with Crippen LogP contribution in [-0.4, -0.2) is 24.0 Å². The summed E-state index contributed by atoms with van der Waals surface area (Å²) in [6, 6.07) is 3.58. The second-order valence-electron chi connectivity index (χ2n) is 2.98. The summed E-state index contributed by atoms with van der Waals surface area (Å²) >= 11 is 0. The van der Waals surface area contributed by atoms with E-state index in [1.165, 1.54) is 0 Å². The fraction of sp³-hybridized carbons (Fsp3) is 0.200. The summed E-state index contributed by atoms with van der Waals surface area (Å²) in [5.74, 6) is 3.19. The highest BCUT2D eigenvalue weighted by Gasteiger charge is 2.21. The Morgan fingerprint density at radius 2 is 2.57 bits per heavy atom. The molecule has 0 fully saturated rings. The molecule has 0 aromatic carbocycles. The first-order chi connectivity index (χ1) is 6.81. The van der Waals surface area contributed by atoms with Crippen LogP contribution < -0.4 is 10.2 Å². The molecule has 1 N–H and O–H groups in total. The Hall–Kier alpha value is -2.02. The van der Waals surface area contributed by atoms with Crippen LogP contribution in [0.25, 0.3) is 0 Å². The van der Waals surface area contributed by atoms with Crippen molar-refractivity contribution in [2.24, 2.45) is 0 Å². The number of fused-ring (bicyclic) bond motifs is 1. The lowest BCUT2D eigenvalue weighted by atomic mass is 10.3. The van der Waals surface area contributed by atoms with Crippen molar-refractivity contribution in [3.8, 4) is 12.3 Å². The maximum absolute atomic E-state index is 11.3. The number of rotatable bonds is 1. The van der Waals surface area contributed by atoms with E-state index in [1.54, 1.807) is 17.2 Å². The number of carbonyl (C=O) groups is 1. The van der Waals surface area contributed by atoms with Gasteiger partial charge in [-0.1, -0.05) is 5.92 Å². The van der Waals surface area contributed by atoms with Gasteiger partial charge in [-0.2, -0.15) is 0 Å². The number of terminal acetylenes is 1. The summed E-state index contributed by atoms with van der Waals surface area (Å²) in [4.78, 5) is 17.2. The quantitative estimate of drug-likeness (QED) is 0.650. The molecule has 0 spiro atoms. The van der Waals surface area contributed by atoms with E-state index >= 15 is 0 Å². The van der Waals surface area contributed by atoms with Gasteiger partial charge in [0.1, 0.15) is 0 Å². The van der Waals surface area contributed by atoms with Gasteiger partial charge < -0.3 is 10.2 Å². The average molecular weight is 187 g/mol. The smallest absolute Gasteiger partial charge is 0.244 e. The minimum absolute atomic E-state index is 0.0549. The van der Waals surface area contributed by atoms with Crippen LogP contribution in [0.1, 0.15) is 0 Å². The number of hydrogen-bond acceptors (Lipinski definition) is 3. The van der Waals surface area contributed by atoms with Crippen molar-refractivity contribution in [2.45, 2.75) is 0 Å². The molecule has 0 atom stereocenters. The Morgan fingerprint density at radius 3 is 3.36 bits per heavy atom. The fourth-order valence-electron chi connectivity index (χ4n) is 1.43. The Kier molecular flexibility index (Phi) is 2.07. The molecule has 0 aliphatic carbocycles. The molecule has 4 heteroatoms. The van der Waals surface area contributed by atoms with Gasteiger partial charge in [0.15, 0.2) is 5.82 Å². The van der Waals surface area contributed by atoms with Crippen LogP contribution in [0.2, 0.25) is 0 Å². The Labute approximate surface area is 81.9 Å². The van der Waals surface area contributed by atoms with E-state index in [1.807, 2.05) is 6.07 Å². The summed E-state index contributed by atoms with van der Waals surface area (Å²) in [6.07, 6.45) is 6.89. The highest BCUT2D eigenvalue weighted by atomic mass is 16.2. The zero-order valence-corrected chi connectivity index (χ0v) is 7.53. The van der Waals surface area contributed by atoms with E-state index in [0.29, 0.717) is 6.54 Å². The molecule has 14 heavy (non-hydrogen) atoms. The van der Waals surface area contributed by atoms with E-state index in [9.17, 15) is 4.79 Å². The van der Waals surface area contributed by atoms with Crippen molar-refractivity contribution in [1.82, 2.24) is 4.98 Å². The van der Waals surface area contributed by atoms with Crippen molar-refractivity contribution in [1.29, 1.82) is 0 Å². The second kappa shape index (κ2) is 3.38. The van der Waals surface area contributed by atoms with Gasteiger partial charge in [0, 0.05) is 6.20 Å². The lowest BCUT2D eigenvalue weighted by Gasteiger charge is -2.27. The van der Waals surface area contributed by atoms with Crippen LogP contribution in [0.4, 0.5) is 11.5 Å². The molecule has 0 saturated carbocycles. The van der Waals surface area contributed by atoms with E-state index in [2.05, 4.69) is 16.2 Å². The number of aromatic nitrogens is 1. The number of nitrogens with one attached hydrogen (secondary N) is 1. The van der Waals surface area contributed by atoms with Crippen molar-refractivity contribution >= 4 is 17.4 Å². The first-order valence-corrected chi connectivity index (χ1v) is 4.24. The van der Waals surface area contributed by atoms with Gasteiger partial charge >= 0.3 is 0 Å². The molecular weight excluding hydrogens is 178 g/mol. The maximum Gasteiger partial charge on any atom is 0.244 e. The summed E-state index contributed by atoms with van der Waals surface area (Å²) in [6.45, 7) is 0.672. The van der Waals surface area contributed by atoms with E-state index < -0.39 is 0 Å². The zero-order valence-electron chi connectivity index (χ0n) is 7.53. The van der Waals surface area contributed by atoms with Crippen LogP contribution in [0, 0.1) is 12.3 Å². The molecule has 4 nitrogen and oxygen atoms in total. The highest BCUT2D eigenvalue weighted by molar-refractivity contribution is 6.00. The molecule has 1 aromatic rings. The molecule has 1 aliphatic rings. The highest BCUT2D eigenvalue weighted by Crippen LogP contribution is 2.25. The lowest BCUT2D eigenvalue weighted by molar-refractivity contribution is -0.115. The first kappa shape index (κ1) is 8.57. The van der Waals surface area contributed by atoms with Gasteiger partial charge in [0.25, 0.3) is 0 Å². The third-order valence-electron chi connectivity index (χ3n) is 1.98. The molecular formula is C10H9N3O. The van der Waals surface area contributed by atoms with Crippen LogP contribution in [-0.2, 0) is 4.79 Å². The standard InChI is InChI=1S/C10H9N3O/c1-2-6-13-7-9(14)12-8-4-3-5-11-10(8)13/h1,3-5H,6-7H2,(H,12,14). The lowest BCUT2D eigenvalue weighted by Crippen LogP contribution is -2.38. The first-order valence-electron chi connectivity index (χ1n) is 4.24. The predicted octanol–water partition coefficient (Wildman–Crippen LogP) is 0.473. The van der Waals surface area contributed by atoms with Crippen LogP contribution in [0.15, 0.2) is 18.3 Å². The second-order valence-corrected chi connectivity index (χ2v) is 2.98. The normalized spacial score (nSPS) is 14.2.